The molecule has 8 heteroatoms. The normalized spacial score (nSPS) is 14.4. The van der Waals surface area contributed by atoms with Crippen molar-refractivity contribution in [2.45, 2.75) is 19.6 Å². The molecule has 0 radical (unpaired) electrons. The number of imide groups is 1. The van der Waals surface area contributed by atoms with E-state index in [2.05, 4.69) is 38.4 Å². The first kappa shape index (κ1) is 26.3. The SMILES string of the molecule is C=CCc1cc(/C=C2\SC(=O)N(Cc3ccc(Br)cc3)C2=O)cc(OC)c1OCc1ccc(Br)cc1. The molecule has 5 nitrogen and oxygen atoms in total. The molecule has 4 rings (SSSR count). The molecule has 0 saturated carbocycles. The van der Waals surface area contributed by atoms with Crippen LogP contribution >= 0.6 is 43.6 Å². The molecule has 1 heterocycles. The molecule has 2 amide bonds. The lowest BCUT2D eigenvalue weighted by Crippen LogP contribution is -2.27. The number of ether oxygens (including phenoxy) is 2. The van der Waals surface area contributed by atoms with E-state index < -0.39 is 0 Å². The van der Waals surface area contributed by atoms with E-state index in [0.717, 1.165) is 43.0 Å². The molecule has 0 aliphatic carbocycles. The van der Waals surface area contributed by atoms with Crippen molar-refractivity contribution in [2.24, 2.45) is 0 Å². The van der Waals surface area contributed by atoms with Gasteiger partial charge in [-0.2, -0.15) is 0 Å². The van der Waals surface area contributed by atoms with Crippen molar-refractivity contribution in [2.75, 3.05) is 7.11 Å². The molecule has 1 aliphatic heterocycles. The average molecular weight is 629 g/mol. The molecule has 184 valence electrons. The molecule has 1 fully saturated rings. The molecule has 3 aromatic carbocycles. The number of methoxy groups -OCH3 is 1. The summed E-state index contributed by atoms with van der Waals surface area (Å²) in [5.41, 5.74) is 3.52. The van der Waals surface area contributed by atoms with Gasteiger partial charge in [-0.05, 0) is 77.3 Å². The minimum Gasteiger partial charge on any atom is -0.493 e. The predicted molar refractivity (Wildman–Crippen MR) is 151 cm³/mol. The number of hydrogen-bond donors (Lipinski definition) is 0. The summed E-state index contributed by atoms with van der Waals surface area (Å²) in [6.45, 7) is 4.46. The van der Waals surface area contributed by atoms with Crippen LogP contribution in [0.4, 0.5) is 4.79 Å². The molecule has 0 bridgehead atoms. The third kappa shape index (κ3) is 6.30. The van der Waals surface area contributed by atoms with Crippen molar-refractivity contribution in [3.05, 3.63) is 109 Å². The first-order valence-corrected chi connectivity index (χ1v) is 13.5. The summed E-state index contributed by atoms with van der Waals surface area (Å²) >= 11 is 7.78. The molecule has 1 saturated heterocycles. The summed E-state index contributed by atoms with van der Waals surface area (Å²) in [7, 11) is 1.58. The van der Waals surface area contributed by atoms with E-state index in [1.807, 2.05) is 60.7 Å². The molecule has 0 N–H and O–H groups in total. The van der Waals surface area contributed by atoms with Crippen LogP contribution in [0.5, 0.6) is 11.5 Å². The second-order valence-corrected chi connectivity index (χ2v) is 10.8. The Morgan fingerprint density at radius 2 is 1.61 bits per heavy atom. The van der Waals surface area contributed by atoms with E-state index in [4.69, 9.17) is 9.47 Å². The van der Waals surface area contributed by atoms with Crippen molar-refractivity contribution in [3.8, 4) is 11.5 Å². The second-order valence-electron chi connectivity index (χ2n) is 8.01. The Morgan fingerprint density at radius 3 is 2.22 bits per heavy atom. The van der Waals surface area contributed by atoms with Gasteiger partial charge >= 0.3 is 0 Å². The van der Waals surface area contributed by atoms with Crippen molar-refractivity contribution in [1.29, 1.82) is 0 Å². The van der Waals surface area contributed by atoms with Crippen LogP contribution in [-0.4, -0.2) is 23.2 Å². The zero-order chi connectivity index (χ0) is 25.7. The van der Waals surface area contributed by atoms with Crippen molar-refractivity contribution in [1.82, 2.24) is 4.90 Å². The lowest BCUT2D eigenvalue weighted by Gasteiger charge is -2.16. The summed E-state index contributed by atoms with van der Waals surface area (Å²) < 4.78 is 13.7. The van der Waals surface area contributed by atoms with Gasteiger partial charge < -0.3 is 9.47 Å². The highest BCUT2D eigenvalue weighted by Crippen LogP contribution is 2.38. The first-order chi connectivity index (χ1) is 17.4. The van der Waals surface area contributed by atoms with Gasteiger partial charge in [-0.25, -0.2) is 0 Å². The van der Waals surface area contributed by atoms with Crippen LogP contribution in [-0.2, 0) is 24.4 Å². The molecular formula is C28H23Br2NO4S. The van der Waals surface area contributed by atoms with Gasteiger partial charge in [-0.15, -0.1) is 6.58 Å². The maximum Gasteiger partial charge on any atom is 0.293 e. The number of benzene rings is 3. The van der Waals surface area contributed by atoms with Crippen LogP contribution < -0.4 is 9.47 Å². The molecule has 0 spiro atoms. The highest BCUT2D eigenvalue weighted by molar-refractivity contribution is 9.10. The zero-order valence-corrected chi connectivity index (χ0v) is 23.5. The molecule has 0 aromatic heterocycles. The van der Waals surface area contributed by atoms with E-state index in [9.17, 15) is 9.59 Å². The van der Waals surface area contributed by atoms with Crippen molar-refractivity contribution in [3.63, 3.8) is 0 Å². The fraction of sp³-hybridized carbons (Fsp3) is 0.143. The average Bonchev–Trinajstić information content (AvgIpc) is 3.12. The van der Waals surface area contributed by atoms with Crippen LogP contribution in [0.15, 0.2) is 87.2 Å². The number of amides is 2. The van der Waals surface area contributed by atoms with Gasteiger partial charge in [0, 0.05) is 14.5 Å². The first-order valence-electron chi connectivity index (χ1n) is 11.1. The summed E-state index contributed by atoms with van der Waals surface area (Å²) in [6.07, 6.45) is 4.07. The van der Waals surface area contributed by atoms with Crippen LogP contribution in [0.1, 0.15) is 22.3 Å². The van der Waals surface area contributed by atoms with Crippen LogP contribution in [0.2, 0.25) is 0 Å². The lowest BCUT2D eigenvalue weighted by molar-refractivity contribution is -0.123. The van der Waals surface area contributed by atoms with E-state index >= 15 is 0 Å². The topological polar surface area (TPSA) is 55.8 Å². The van der Waals surface area contributed by atoms with Gasteiger partial charge in [-0.3, -0.25) is 14.5 Å². The maximum atomic E-state index is 13.0. The Bertz CT molecular complexity index is 1320. The summed E-state index contributed by atoms with van der Waals surface area (Å²) in [5.74, 6) is 0.861. The number of thioether (sulfide) groups is 1. The predicted octanol–water partition coefficient (Wildman–Crippen LogP) is 7.76. The molecule has 1 aliphatic rings. The van der Waals surface area contributed by atoms with Crippen molar-refractivity contribution >= 4 is 60.8 Å². The van der Waals surface area contributed by atoms with E-state index in [0.29, 0.717) is 29.4 Å². The smallest absolute Gasteiger partial charge is 0.293 e. The second kappa shape index (κ2) is 12.0. The minimum atomic E-state index is -0.312. The molecule has 36 heavy (non-hydrogen) atoms. The molecule has 0 atom stereocenters. The summed E-state index contributed by atoms with van der Waals surface area (Å²) in [5, 5.41) is -0.290. The lowest BCUT2D eigenvalue weighted by atomic mass is 10.0. The Balaban J connectivity index is 1.58. The van der Waals surface area contributed by atoms with Gasteiger partial charge in [0.1, 0.15) is 6.61 Å². The standard InChI is InChI=1S/C28H23Br2NO4S/c1-3-4-21-13-20(14-24(34-2)26(21)35-17-19-7-11-23(30)12-8-19)15-25-27(32)31(28(33)36-25)16-18-5-9-22(29)10-6-18/h3,5-15H,1,4,16-17H2,2H3/b25-15-. The van der Waals surface area contributed by atoms with Crippen LogP contribution in [0.25, 0.3) is 6.08 Å². The fourth-order valence-electron chi connectivity index (χ4n) is 3.69. The quantitative estimate of drug-likeness (QED) is 0.179. The van der Waals surface area contributed by atoms with E-state index in [-0.39, 0.29) is 17.7 Å². The Kier molecular flexibility index (Phi) is 8.72. The number of hydrogen-bond acceptors (Lipinski definition) is 5. The number of carbonyl (C=O) groups is 2. The fourth-order valence-corrected chi connectivity index (χ4v) is 5.05. The maximum absolute atomic E-state index is 13.0. The summed E-state index contributed by atoms with van der Waals surface area (Å²) in [6, 6.07) is 19.2. The van der Waals surface area contributed by atoms with E-state index in [1.54, 1.807) is 19.3 Å². The monoisotopic (exact) mass is 627 g/mol. The number of allylic oxidation sites excluding steroid dienone is 1. The zero-order valence-electron chi connectivity index (χ0n) is 19.5. The van der Waals surface area contributed by atoms with E-state index in [1.165, 1.54) is 4.90 Å². The largest absolute Gasteiger partial charge is 0.493 e. The Morgan fingerprint density at radius 1 is 0.972 bits per heavy atom. The number of rotatable bonds is 9. The Labute approximate surface area is 231 Å². The highest BCUT2D eigenvalue weighted by Gasteiger charge is 2.35. The number of nitrogens with zero attached hydrogens (tertiary/aromatic N) is 1. The van der Waals surface area contributed by atoms with Gasteiger partial charge in [0.25, 0.3) is 11.1 Å². The molecule has 3 aromatic rings. The van der Waals surface area contributed by atoms with Gasteiger partial charge in [-0.1, -0.05) is 62.2 Å². The van der Waals surface area contributed by atoms with Gasteiger partial charge in [0.2, 0.25) is 0 Å². The number of carbonyl (C=O) groups excluding carboxylic acids is 2. The number of halogens is 2. The van der Waals surface area contributed by atoms with Crippen molar-refractivity contribution < 1.29 is 19.1 Å². The van der Waals surface area contributed by atoms with Gasteiger partial charge in [0.15, 0.2) is 11.5 Å². The molecular weight excluding hydrogens is 606 g/mol. The summed E-state index contributed by atoms with van der Waals surface area (Å²) in [4.78, 5) is 27.3. The third-order valence-electron chi connectivity index (χ3n) is 5.46. The third-order valence-corrected chi connectivity index (χ3v) is 7.42. The van der Waals surface area contributed by atoms with Gasteiger partial charge in [0.05, 0.1) is 18.6 Å². The Hall–Kier alpha value is -2.81. The van der Waals surface area contributed by atoms with Crippen LogP contribution in [0, 0.1) is 0 Å². The molecule has 0 unspecified atom stereocenters. The van der Waals surface area contributed by atoms with Crippen LogP contribution in [0.3, 0.4) is 0 Å². The minimum absolute atomic E-state index is 0.225. The highest BCUT2D eigenvalue weighted by atomic mass is 79.9.